The maximum Gasteiger partial charge on any atom is 0.226 e. The first-order valence-electron chi connectivity index (χ1n) is 12.2. The normalized spacial score (nSPS) is 19.3. The van der Waals surface area contributed by atoms with Crippen LogP contribution in [-0.2, 0) is 18.0 Å². The van der Waals surface area contributed by atoms with Crippen LogP contribution in [0.25, 0.3) is 32.2 Å². The summed E-state index contributed by atoms with van der Waals surface area (Å²) in [4.78, 5) is 17.3. The van der Waals surface area contributed by atoms with E-state index in [1.54, 1.807) is 6.20 Å². The Morgan fingerprint density at radius 2 is 2.00 bits per heavy atom. The molecule has 0 saturated carbocycles. The molecule has 0 aliphatic carbocycles. The number of aromatic nitrogens is 3. The predicted octanol–water partition coefficient (Wildman–Crippen LogP) is 3.56. The highest BCUT2D eigenvalue weighted by Gasteiger charge is 2.37. The number of halogens is 2. The summed E-state index contributed by atoms with van der Waals surface area (Å²) in [7, 11) is 1.96. The van der Waals surface area contributed by atoms with Crippen molar-refractivity contribution in [3.05, 3.63) is 40.7 Å². The van der Waals surface area contributed by atoms with E-state index in [4.69, 9.17) is 10.5 Å². The van der Waals surface area contributed by atoms with Gasteiger partial charge in [-0.1, -0.05) is 0 Å². The van der Waals surface area contributed by atoms with Gasteiger partial charge in [-0.15, -0.1) is 11.3 Å². The third kappa shape index (κ3) is 3.61. The number of aliphatic hydroxyl groups excluding tert-OH is 1. The minimum Gasteiger partial charge on any atom is -0.390 e. The molecule has 2 aliphatic rings. The molecular formula is C26H25F2N7O2S. The molecule has 38 heavy (non-hydrogen) atoms. The summed E-state index contributed by atoms with van der Waals surface area (Å²) in [6.45, 7) is 5.27. The number of aliphatic hydroxyl groups is 1. The largest absolute Gasteiger partial charge is 0.390 e. The van der Waals surface area contributed by atoms with Crippen molar-refractivity contribution in [3.8, 4) is 17.3 Å². The Morgan fingerprint density at radius 3 is 2.74 bits per heavy atom. The Bertz CT molecular complexity index is 1650. The topological polar surface area (TPSA) is 124 Å². The van der Waals surface area contributed by atoms with Gasteiger partial charge in [0, 0.05) is 41.7 Å². The lowest BCUT2D eigenvalue weighted by molar-refractivity contribution is 0.0823. The number of hydrogen-bond acceptors (Lipinski definition) is 10. The van der Waals surface area contributed by atoms with E-state index in [0.717, 1.165) is 23.1 Å². The van der Waals surface area contributed by atoms with Crippen LogP contribution in [-0.4, -0.2) is 63.3 Å². The standard InChI is InChI=1S/C26H25F2N7O2S/c1-11(2)34(3)17-7-35(8-18(17)36)26-32-5-13-14-9-37-10-15(14)19(21(28)22(13)33-26)23-20-12(4-29)25(30)38-24(20)16(27)6-31-23/h5-6,11,17-18,36H,7-10,30H2,1-3H3/t17-,18-/m1/s1. The zero-order chi connectivity index (χ0) is 26.9. The van der Waals surface area contributed by atoms with Gasteiger partial charge in [0.05, 0.1) is 47.5 Å². The van der Waals surface area contributed by atoms with Gasteiger partial charge in [-0.3, -0.25) is 9.88 Å². The highest BCUT2D eigenvalue weighted by Crippen LogP contribution is 2.45. The smallest absolute Gasteiger partial charge is 0.226 e. The molecule has 196 valence electrons. The molecule has 9 nitrogen and oxygen atoms in total. The quantitative estimate of drug-likeness (QED) is 0.402. The second kappa shape index (κ2) is 9.06. The molecule has 0 bridgehead atoms. The monoisotopic (exact) mass is 537 g/mol. The van der Waals surface area contributed by atoms with Crippen molar-refractivity contribution < 1.29 is 18.6 Å². The summed E-state index contributed by atoms with van der Waals surface area (Å²) >= 11 is 0.932. The van der Waals surface area contributed by atoms with Crippen molar-refractivity contribution in [1.29, 1.82) is 5.26 Å². The lowest BCUT2D eigenvalue weighted by Gasteiger charge is -2.29. The third-order valence-electron chi connectivity index (χ3n) is 7.61. The first kappa shape index (κ1) is 24.8. The van der Waals surface area contributed by atoms with Crippen LogP contribution >= 0.6 is 11.3 Å². The number of β-amino-alcohol motifs (C(OH)–C–C–N with tert-alkyl or cyclic N) is 1. The highest BCUT2D eigenvalue weighted by molar-refractivity contribution is 7.23. The fourth-order valence-electron chi connectivity index (χ4n) is 5.41. The van der Waals surface area contributed by atoms with E-state index in [2.05, 4.69) is 33.7 Å². The molecular weight excluding hydrogens is 512 g/mol. The van der Waals surface area contributed by atoms with E-state index in [1.807, 2.05) is 18.0 Å². The summed E-state index contributed by atoms with van der Waals surface area (Å²) < 4.78 is 36.9. The first-order valence-corrected chi connectivity index (χ1v) is 13.0. The van der Waals surface area contributed by atoms with E-state index in [0.29, 0.717) is 30.0 Å². The van der Waals surface area contributed by atoms with Crippen molar-refractivity contribution in [1.82, 2.24) is 19.9 Å². The number of thiophene rings is 1. The molecule has 3 N–H and O–H groups in total. The molecule has 1 aromatic carbocycles. The molecule has 2 atom stereocenters. The third-order valence-corrected chi connectivity index (χ3v) is 8.64. The minimum absolute atomic E-state index is 0.0638. The Hall–Kier alpha value is -3.50. The molecule has 3 aromatic heterocycles. The molecule has 1 saturated heterocycles. The van der Waals surface area contributed by atoms with Gasteiger partial charge in [-0.2, -0.15) is 5.26 Å². The van der Waals surface area contributed by atoms with Gasteiger partial charge < -0.3 is 20.5 Å². The second-order valence-corrected chi connectivity index (χ2v) is 11.0. The van der Waals surface area contributed by atoms with Crippen LogP contribution < -0.4 is 10.6 Å². The van der Waals surface area contributed by atoms with Crippen LogP contribution in [0.5, 0.6) is 0 Å². The number of anilines is 2. The number of rotatable bonds is 4. The number of benzene rings is 1. The summed E-state index contributed by atoms with van der Waals surface area (Å²) in [5.41, 5.74) is 7.68. The highest BCUT2D eigenvalue weighted by atomic mass is 32.1. The number of nitrogens with two attached hydrogens (primary N) is 1. The average molecular weight is 538 g/mol. The number of fused-ring (bicyclic) bond motifs is 4. The molecule has 6 rings (SSSR count). The Balaban J connectivity index is 1.54. The lowest BCUT2D eigenvalue weighted by atomic mass is 9.94. The zero-order valence-electron chi connectivity index (χ0n) is 21.0. The van der Waals surface area contributed by atoms with Crippen LogP contribution in [0.1, 0.15) is 30.5 Å². The van der Waals surface area contributed by atoms with E-state index >= 15 is 4.39 Å². The molecule has 0 radical (unpaired) electrons. The molecule has 5 heterocycles. The van der Waals surface area contributed by atoms with Crippen LogP contribution in [0.4, 0.5) is 19.7 Å². The summed E-state index contributed by atoms with van der Waals surface area (Å²) in [6.07, 6.45) is 1.99. The fraction of sp³-hybridized carbons (Fsp3) is 0.385. The number of nitrogen functional groups attached to an aromatic ring is 1. The Kier molecular flexibility index (Phi) is 5.92. The number of ether oxygens (including phenoxy) is 1. The van der Waals surface area contributed by atoms with Gasteiger partial charge in [-0.25, -0.2) is 18.7 Å². The molecule has 0 amide bonds. The number of likely N-dealkylation sites (N-methyl/N-ethyl adjacent to an activating group) is 1. The maximum atomic E-state index is 16.5. The molecule has 0 unspecified atom stereocenters. The van der Waals surface area contributed by atoms with Gasteiger partial charge in [0.2, 0.25) is 5.95 Å². The molecule has 0 spiro atoms. The van der Waals surface area contributed by atoms with E-state index in [1.165, 1.54) is 0 Å². The van der Waals surface area contributed by atoms with Crippen molar-refractivity contribution in [2.45, 2.75) is 45.2 Å². The van der Waals surface area contributed by atoms with Crippen LogP contribution in [0.2, 0.25) is 0 Å². The number of hydrogen-bond donors (Lipinski definition) is 2. The molecule has 2 aliphatic heterocycles. The van der Waals surface area contributed by atoms with Crippen molar-refractivity contribution >= 4 is 43.3 Å². The van der Waals surface area contributed by atoms with Gasteiger partial charge in [0.25, 0.3) is 0 Å². The Morgan fingerprint density at radius 1 is 1.24 bits per heavy atom. The average Bonchev–Trinajstić information content (AvgIpc) is 3.61. The van der Waals surface area contributed by atoms with Gasteiger partial charge >= 0.3 is 0 Å². The molecule has 12 heteroatoms. The van der Waals surface area contributed by atoms with Crippen molar-refractivity contribution in [2.24, 2.45) is 0 Å². The number of nitrogens with zero attached hydrogens (tertiary/aromatic N) is 6. The first-order chi connectivity index (χ1) is 18.2. The fourth-order valence-corrected chi connectivity index (χ4v) is 6.33. The van der Waals surface area contributed by atoms with E-state index in [-0.39, 0.29) is 62.7 Å². The lowest BCUT2D eigenvalue weighted by Crippen LogP contribution is -2.44. The van der Waals surface area contributed by atoms with Crippen LogP contribution in [0, 0.1) is 23.0 Å². The summed E-state index contributed by atoms with van der Waals surface area (Å²) in [6, 6.07) is 2.13. The van der Waals surface area contributed by atoms with Crippen molar-refractivity contribution in [3.63, 3.8) is 0 Å². The number of nitriles is 1. The van der Waals surface area contributed by atoms with E-state index < -0.39 is 17.7 Å². The minimum atomic E-state index is -0.655. The Labute approximate surface area is 221 Å². The SMILES string of the molecule is CC(C)N(C)[C@@H]1CN(c2ncc3c4c(c(-c5ncc(F)c6sc(N)c(C#N)c56)c(F)c3n2)COC4)C[C@H]1O. The molecule has 1 fully saturated rings. The predicted molar refractivity (Wildman–Crippen MR) is 141 cm³/mol. The maximum absolute atomic E-state index is 16.5. The second-order valence-electron chi connectivity index (χ2n) is 9.98. The summed E-state index contributed by atoms with van der Waals surface area (Å²) in [5.74, 6) is -0.985. The van der Waals surface area contributed by atoms with E-state index in [9.17, 15) is 14.8 Å². The van der Waals surface area contributed by atoms with Gasteiger partial charge in [-0.05, 0) is 32.0 Å². The van der Waals surface area contributed by atoms with Crippen molar-refractivity contribution in [2.75, 3.05) is 30.8 Å². The number of pyridine rings is 1. The van der Waals surface area contributed by atoms with Crippen LogP contribution in [0.15, 0.2) is 12.4 Å². The van der Waals surface area contributed by atoms with Crippen LogP contribution in [0.3, 0.4) is 0 Å². The van der Waals surface area contributed by atoms with Gasteiger partial charge in [0.15, 0.2) is 11.6 Å². The summed E-state index contributed by atoms with van der Waals surface area (Å²) in [5, 5.41) is 21.3. The molecule has 4 aromatic rings. The zero-order valence-corrected chi connectivity index (χ0v) is 21.8. The van der Waals surface area contributed by atoms with Gasteiger partial charge in [0.1, 0.15) is 16.6 Å².